The molecule has 1 amide bonds. The second-order valence-corrected chi connectivity index (χ2v) is 6.28. The van der Waals surface area contributed by atoms with E-state index in [1.54, 1.807) is 45.4 Å². The van der Waals surface area contributed by atoms with Crippen molar-refractivity contribution >= 4 is 32.6 Å². The molecule has 7 heteroatoms. The fourth-order valence-corrected chi connectivity index (χ4v) is 3.15. The van der Waals surface area contributed by atoms with Crippen molar-refractivity contribution in [1.29, 1.82) is 0 Å². The SMILES string of the molecule is COc1ccc(OC(C)C(=O)Nc2nc3c(OC)cccc3s2)cc1. The number of benzene rings is 2. The fraction of sp³-hybridized carbons (Fsp3) is 0.222. The molecule has 1 aromatic heterocycles. The number of nitrogens with zero attached hydrogens (tertiary/aromatic N) is 1. The number of amides is 1. The van der Waals surface area contributed by atoms with Crippen molar-refractivity contribution in [3.8, 4) is 17.2 Å². The van der Waals surface area contributed by atoms with Crippen molar-refractivity contribution in [2.75, 3.05) is 19.5 Å². The molecule has 0 aliphatic heterocycles. The van der Waals surface area contributed by atoms with E-state index < -0.39 is 6.10 Å². The number of ether oxygens (including phenoxy) is 3. The van der Waals surface area contributed by atoms with Crippen LogP contribution in [-0.2, 0) is 4.79 Å². The van der Waals surface area contributed by atoms with Crippen LogP contribution in [0.3, 0.4) is 0 Å². The van der Waals surface area contributed by atoms with Crippen LogP contribution in [0.4, 0.5) is 5.13 Å². The lowest BCUT2D eigenvalue weighted by atomic mass is 10.3. The normalized spacial score (nSPS) is 11.8. The first-order chi connectivity index (χ1) is 12.1. The summed E-state index contributed by atoms with van der Waals surface area (Å²) in [4.78, 5) is 16.8. The highest BCUT2D eigenvalue weighted by Crippen LogP contribution is 2.32. The number of hydrogen-bond donors (Lipinski definition) is 1. The van der Waals surface area contributed by atoms with E-state index in [0.29, 0.717) is 16.6 Å². The molecule has 0 aliphatic carbocycles. The van der Waals surface area contributed by atoms with Gasteiger partial charge in [-0.05, 0) is 43.3 Å². The van der Waals surface area contributed by atoms with E-state index in [9.17, 15) is 4.79 Å². The lowest BCUT2D eigenvalue weighted by molar-refractivity contribution is -0.122. The first-order valence-electron chi connectivity index (χ1n) is 7.66. The van der Waals surface area contributed by atoms with Gasteiger partial charge in [-0.25, -0.2) is 4.98 Å². The maximum absolute atomic E-state index is 12.3. The van der Waals surface area contributed by atoms with E-state index in [-0.39, 0.29) is 5.91 Å². The highest BCUT2D eigenvalue weighted by Gasteiger charge is 2.17. The molecule has 1 heterocycles. The van der Waals surface area contributed by atoms with E-state index >= 15 is 0 Å². The highest BCUT2D eigenvalue weighted by atomic mass is 32.1. The average molecular weight is 358 g/mol. The maximum Gasteiger partial charge on any atom is 0.266 e. The standard InChI is InChI=1S/C18H18N2O4S/c1-11(24-13-9-7-12(22-2)8-10-13)17(21)20-18-19-16-14(23-3)5-4-6-15(16)25-18/h4-11H,1-3H3,(H,19,20,21). The van der Waals surface area contributed by atoms with E-state index in [0.717, 1.165) is 16.0 Å². The Hall–Kier alpha value is -2.80. The lowest BCUT2D eigenvalue weighted by Crippen LogP contribution is -2.30. The van der Waals surface area contributed by atoms with Crippen LogP contribution >= 0.6 is 11.3 Å². The van der Waals surface area contributed by atoms with Gasteiger partial charge in [0, 0.05) is 0 Å². The number of nitrogens with one attached hydrogen (secondary N) is 1. The summed E-state index contributed by atoms with van der Waals surface area (Å²) >= 11 is 1.39. The molecular formula is C18H18N2O4S. The Kier molecular flexibility index (Phi) is 5.04. The van der Waals surface area contributed by atoms with Crippen molar-refractivity contribution in [2.24, 2.45) is 0 Å². The van der Waals surface area contributed by atoms with Gasteiger partial charge in [-0.2, -0.15) is 0 Å². The topological polar surface area (TPSA) is 69.7 Å². The summed E-state index contributed by atoms with van der Waals surface area (Å²) in [6.07, 6.45) is -0.665. The second-order valence-electron chi connectivity index (χ2n) is 5.25. The van der Waals surface area contributed by atoms with Crippen LogP contribution in [-0.4, -0.2) is 31.2 Å². The largest absolute Gasteiger partial charge is 0.497 e. The van der Waals surface area contributed by atoms with Gasteiger partial charge in [0.1, 0.15) is 22.8 Å². The van der Waals surface area contributed by atoms with E-state index in [2.05, 4.69) is 10.3 Å². The summed E-state index contributed by atoms with van der Waals surface area (Å²) in [6.45, 7) is 1.69. The van der Waals surface area contributed by atoms with Gasteiger partial charge in [0.2, 0.25) is 0 Å². The molecule has 0 bridgehead atoms. The predicted octanol–water partition coefficient (Wildman–Crippen LogP) is 3.72. The minimum Gasteiger partial charge on any atom is -0.497 e. The predicted molar refractivity (Wildman–Crippen MR) is 97.9 cm³/mol. The number of rotatable bonds is 6. The molecule has 0 aliphatic rings. The molecule has 25 heavy (non-hydrogen) atoms. The van der Waals surface area contributed by atoms with E-state index in [1.165, 1.54) is 11.3 Å². The third-order valence-corrected chi connectivity index (χ3v) is 4.51. The van der Waals surface area contributed by atoms with Crippen LogP contribution < -0.4 is 19.5 Å². The van der Waals surface area contributed by atoms with E-state index in [1.807, 2.05) is 18.2 Å². The van der Waals surface area contributed by atoms with Crippen molar-refractivity contribution in [2.45, 2.75) is 13.0 Å². The van der Waals surface area contributed by atoms with Gasteiger partial charge in [0.25, 0.3) is 5.91 Å². The summed E-state index contributed by atoms with van der Waals surface area (Å²) in [6, 6.07) is 12.7. The average Bonchev–Trinajstić information content (AvgIpc) is 3.04. The molecule has 1 N–H and O–H groups in total. The molecule has 130 valence electrons. The summed E-state index contributed by atoms with van der Waals surface area (Å²) in [5.74, 6) is 1.73. The Bertz CT molecular complexity index is 876. The summed E-state index contributed by atoms with van der Waals surface area (Å²) in [5.41, 5.74) is 0.731. The molecule has 6 nitrogen and oxygen atoms in total. The Morgan fingerprint density at radius 3 is 2.48 bits per heavy atom. The number of anilines is 1. The van der Waals surface area contributed by atoms with Gasteiger partial charge < -0.3 is 14.2 Å². The zero-order valence-electron chi connectivity index (χ0n) is 14.1. The monoisotopic (exact) mass is 358 g/mol. The molecule has 1 atom stereocenters. The van der Waals surface area contributed by atoms with Crippen LogP contribution in [0.1, 0.15) is 6.92 Å². The van der Waals surface area contributed by atoms with Crippen molar-refractivity contribution in [1.82, 2.24) is 4.98 Å². The van der Waals surface area contributed by atoms with Gasteiger partial charge in [0.05, 0.1) is 18.9 Å². The number of carbonyl (C=O) groups excluding carboxylic acids is 1. The second kappa shape index (κ2) is 7.40. The van der Waals surface area contributed by atoms with Crippen LogP contribution in [0.15, 0.2) is 42.5 Å². The molecule has 0 fully saturated rings. The number of methoxy groups -OCH3 is 2. The van der Waals surface area contributed by atoms with E-state index in [4.69, 9.17) is 14.2 Å². The van der Waals surface area contributed by atoms with Gasteiger partial charge in [-0.3, -0.25) is 10.1 Å². The highest BCUT2D eigenvalue weighted by molar-refractivity contribution is 7.22. The number of fused-ring (bicyclic) bond motifs is 1. The first-order valence-corrected chi connectivity index (χ1v) is 8.47. The third kappa shape index (κ3) is 3.83. The minimum atomic E-state index is -0.665. The Balaban J connectivity index is 1.68. The lowest BCUT2D eigenvalue weighted by Gasteiger charge is -2.13. The molecule has 0 saturated carbocycles. The number of carbonyl (C=O) groups is 1. The molecular weight excluding hydrogens is 340 g/mol. The molecule has 0 radical (unpaired) electrons. The number of hydrogen-bond acceptors (Lipinski definition) is 6. The summed E-state index contributed by atoms with van der Waals surface area (Å²) in [5, 5.41) is 3.30. The Morgan fingerprint density at radius 2 is 1.80 bits per heavy atom. The molecule has 0 saturated heterocycles. The third-order valence-electron chi connectivity index (χ3n) is 3.57. The zero-order valence-corrected chi connectivity index (χ0v) is 14.9. The van der Waals surface area contributed by atoms with Crippen molar-refractivity contribution in [3.63, 3.8) is 0 Å². The van der Waals surface area contributed by atoms with Crippen LogP contribution in [0.2, 0.25) is 0 Å². The van der Waals surface area contributed by atoms with Crippen LogP contribution in [0, 0.1) is 0 Å². The zero-order chi connectivity index (χ0) is 17.8. The number of thiazole rings is 1. The quantitative estimate of drug-likeness (QED) is 0.727. The summed E-state index contributed by atoms with van der Waals surface area (Å²) in [7, 11) is 3.19. The number of aromatic nitrogens is 1. The van der Waals surface area contributed by atoms with Gasteiger partial charge in [0.15, 0.2) is 11.2 Å². The first kappa shape index (κ1) is 17.0. The smallest absolute Gasteiger partial charge is 0.266 e. The van der Waals surface area contributed by atoms with Gasteiger partial charge >= 0.3 is 0 Å². The molecule has 3 rings (SSSR count). The Morgan fingerprint density at radius 1 is 1.08 bits per heavy atom. The Labute approximate surface area is 149 Å². The minimum absolute atomic E-state index is 0.270. The van der Waals surface area contributed by atoms with Gasteiger partial charge in [-0.1, -0.05) is 17.4 Å². The molecule has 0 spiro atoms. The van der Waals surface area contributed by atoms with Crippen LogP contribution in [0.25, 0.3) is 10.2 Å². The fourth-order valence-electron chi connectivity index (χ4n) is 2.26. The van der Waals surface area contributed by atoms with Crippen LogP contribution in [0.5, 0.6) is 17.2 Å². The summed E-state index contributed by atoms with van der Waals surface area (Å²) < 4.78 is 17.0. The van der Waals surface area contributed by atoms with Crippen molar-refractivity contribution in [3.05, 3.63) is 42.5 Å². The van der Waals surface area contributed by atoms with Crippen molar-refractivity contribution < 1.29 is 19.0 Å². The van der Waals surface area contributed by atoms with Gasteiger partial charge in [-0.15, -0.1) is 0 Å². The number of para-hydroxylation sites is 1. The molecule has 1 unspecified atom stereocenters. The maximum atomic E-state index is 12.3. The molecule has 3 aromatic rings. The molecule has 2 aromatic carbocycles.